The molecule has 0 fully saturated rings. The topological polar surface area (TPSA) is 43.8 Å². The third-order valence-electron chi connectivity index (χ3n) is 4.74. The molecule has 0 aliphatic rings. The maximum absolute atomic E-state index is 5.71. The zero-order valence-electron chi connectivity index (χ0n) is 14.8. The molecule has 3 heteroatoms. The van der Waals surface area contributed by atoms with Gasteiger partial charge in [0.1, 0.15) is 5.82 Å². The third-order valence-corrected chi connectivity index (χ3v) is 4.74. The number of aryl methyl sites for hydroxylation is 5. The van der Waals surface area contributed by atoms with Gasteiger partial charge in [0, 0.05) is 13.0 Å². The Bertz CT molecular complexity index is 803. The summed E-state index contributed by atoms with van der Waals surface area (Å²) in [5, 5.41) is 0. The van der Waals surface area contributed by atoms with Gasteiger partial charge in [-0.2, -0.15) is 0 Å². The molecule has 0 unspecified atom stereocenters. The molecule has 0 aliphatic carbocycles. The Morgan fingerprint density at radius 3 is 2.46 bits per heavy atom. The first-order chi connectivity index (χ1) is 11.7. The van der Waals surface area contributed by atoms with E-state index in [-0.39, 0.29) is 0 Å². The second kappa shape index (κ2) is 7.63. The second-order valence-corrected chi connectivity index (χ2v) is 6.59. The average molecular weight is 321 g/mol. The normalized spacial score (nSPS) is 11.3. The lowest BCUT2D eigenvalue weighted by atomic mass is 10.1. The molecular formula is C21H27N3. The number of fused-ring (bicyclic) bond motifs is 1. The first kappa shape index (κ1) is 16.7. The van der Waals surface area contributed by atoms with E-state index in [1.54, 1.807) is 0 Å². The molecule has 3 rings (SSSR count). The van der Waals surface area contributed by atoms with Crippen molar-refractivity contribution < 1.29 is 0 Å². The van der Waals surface area contributed by atoms with Gasteiger partial charge in [-0.1, -0.05) is 30.3 Å². The van der Waals surface area contributed by atoms with Gasteiger partial charge in [0.05, 0.1) is 11.0 Å². The third kappa shape index (κ3) is 3.68. The number of nitrogens with two attached hydrogens (primary N) is 1. The smallest absolute Gasteiger partial charge is 0.109 e. The fourth-order valence-corrected chi connectivity index (χ4v) is 3.22. The number of rotatable bonds is 7. The Labute approximate surface area is 144 Å². The number of nitrogens with zero attached hydrogens (tertiary/aromatic N) is 2. The lowest BCUT2D eigenvalue weighted by Gasteiger charge is -2.10. The standard InChI is InChI=1S/C21H27N3/c1-16-14-19-20(15-17(16)2)24(21(23-19)11-6-12-22)13-7-10-18-8-4-3-5-9-18/h3-5,8-9,14-15H,6-7,10-13,22H2,1-2H3. The van der Waals surface area contributed by atoms with Crippen LogP contribution in [0.15, 0.2) is 42.5 Å². The van der Waals surface area contributed by atoms with Gasteiger partial charge in [-0.15, -0.1) is 0 Å². The van der Waals surface area contributed by atoms with E-state index in [4.69, 9.17) is 10.7 Å². The van der Waals surface area contributed by atoms with E-state index in [2.05, 4.69) is 60.9 Å². The van der Waals surface area contributed by atoms with Crippen LogP contribution in [0.25, 0.3) is 11.0 Å². The highest BCUT2D eigenvalue weighted by Gasteiger charge is 2.11. The summed E-state index contributed by atoms with van der Waals surface area (Å²) >= 11 is 0. The largest absolute Gasteiger partial charge is 0.330 e. The molecule has 1 heterocycles. The number of imidazole rings is 1. The molecule has 0 saturated heterocycles. The van der Waals surface area contributed by atoms with Crippen molar-refractivity contribution in [3.05, 3.63) is 65.0 Å². The van der Waals surface area contributed by atoms with Gasteiger partial charge in [-0.05, 0) is 68.5 Å². The van der Waals surface area contributed by atoms with Crippen molar-refractivity contribution >= 4 is 11.0 Å². The molecule has 0 radical (unpaired) electrons. The lowest BCUT2D eigenvalue weighted by Crippen LogP contribution is -2.08. The van der Waals surface area contributed by atoms with E-state index >= 15 is 0 Å². The zero-order chi connectivity index (χ0) is 16.9. The first-order valence-electron chi connectivity index (χ1n) is 8.89. The van der Waals surface area contributed by atoms with E-state index in [1.165, 1.54) is 28.0 Å². The molecule has 2 aromatic carbocycles. The van der Waals surface area contributed by atoms with Crippen LogP contribution in [-0.4, -0.2) is 16.1 Å². The van der Waals surface area contributed by atoms with Crippen LogP contribution < -0.4 is 5.73 Å². The lowest BCUT2D eigenvalue weighted by molar-refractivity contribution is 0.615. The van der Waals surface area contributed by atoms with Crippen LogP contribution in [0.4, 0.5) is 0 Å². The summed E-state index contributed by atoms with van der Waals surface area (Å²) in [7, 11) is 0. The highest BCUT2D eigenvalue weighted by atomic mass is 15.1. The average Bonchev–Trinajstić information content (AvgIpc) is 2.91. The molecule has 126 valence electrons. The van der Waals surface area contributed by atoms with Crippen LogP contribution in [0.1, 0.15) is 35.4 Å². The van der Waals surface area contributed by atoms with Gasteiger partial charge in [0.25, 0.3) is 0 Å². The van der Waals surface area contributed by atoms with Gasteiger partial charge < -0.3 is 10.3 Å². The minimum Gasteiger partial charge on any atom is -0.330 e. The van der Waals surface area contributed by atoms with Gasteiger partial charge in [0.2, 0.25) is 0 Å². The van der Waals surface area contributed by atoms with Crippen molar-refractivity contribution in [3.63, 3.8) is 0 Å². The number of hydrogen-bond acceptors (Lipinski definition) is 2. The summed E-state index contributed by atoms with van der Waals surface area (Å²) in [6.07, 6.45) is 4.16. The number of benzene rings is 2. The monoisotopic (exact) mass is 321 g/mol. The van der Waals surface area contributed by atoms with E-state index in [0.29, 0.717) is 6.54 Å². The van der Waals surface area contributed by atoms with Crippen molar-refractivity contribution in [1.29, 1.82) is 0 Å². The van der Waals surface area contributed by atoms with Crippen molar-refractivity contribution in [2.24, 2.45) is 5.73 Å². The SMILES string of the molecule is Cc1cc2nc(CCCN)n(CCCc3ccccc3)c2cc1C. The highest BCUT2D eigenvalue weighted by Crippen LogP contribution is 2.22. The summed E-state index contributed by atoms with van der Waals surface area (Å²) in [4.78, 5) is 4.89. The van der Waals surface area contributed by atoms with Crippen LogP contribution in [-0.2, 0) is 19.4 Å². The Balaban J connectivity index is 1.84. The van der Waals surface area contributed by atoms with Gasteiger partial charge in [0.15, 0.2) is 0 Å². The van der Waals surface area contributed by atoms with Gasteiger partial charge in [-0.3, -0.25) is 0 Å². The summed E-state index contributed by atoms with van der Waals surface area (Å²) in [6.45, 7) is 6.05. The Kier molecular flexibility index (Phi) is 5.31. The van der Waals surface area contributed by atoms with E-state index in [0.717, 1.165) is 37.7 Å². The van der Waals surface area contributed by atoms with Gasteiger partial charge >= 0.3 is 0 Å². The van der Waals surface area contributed by atoms with Crippen molar-refractivity contribution in [1.82, 2.24) is 9.55 Å². The van der Waals surface area contributed by atoms with Crippen LogP contribution in [0.2, 0.25) is 0 Å². The number of aromatic nitrogens is 2. The first-order valence-corrected chi connectivity index (χ1v) is 8.89. The van der Waals surface area contributed by atoms with E-state index < -0.39 is 0 Å². The minimum atomic E-state index is 0.714. The van der Waals surface area contributed by atoms with Gasteiger partial charge in [-0.25, -0.2) is 4.98 Å². The molecule has 3 nitrogen and oxygen atoms in total. The molecule has 3 aromatic rings. The molecule has 0 aliphatic heterocycles. The Morgan fingerprint density at radius 2 is 1.71 bits per heavy atom. The highest BCUT2D eigenvalue weighted by molar-refractivity contribution is 5.78. The molecule has 0 spiro atoms. The van der Waals surface area contributed by atoms with Crippen LogP contribution >= 0.6 is 0 Å². The van der Waals surface area contributed by atoms with E-state index in [9.17, 15) is 0 Å². The Hall–Kier alpha value is -2.13. The molecule has 0 bridgehead atoms. The van der Waals surface area contributed by atoms with E-state index in [1.807, 2.05) is 0 Å². The maximum Gasteiger partial charge on any atom is 0.109 e. The zero-order valence-corrected chi connectivity index (χ0v) is 14.8. The molecular weight excluding hydrogens is 294 g/mol. The predicted molar refractivity (Wildman–Crippen MR) is 101 cm³/mol. The summed E-state index contributed by atoms with van der Waals surface area (Å²) in [5.74, 6) is 1.17. The summed E-state index contributed by atoms with van der Waals surface area (Å²) in [5.41, 5.74) is 12.1. The summed E-state index contributed by atoms with van der Waals surface area (Å²) < 4.78 is 2.40. The fraction of sp³-hybridized carbons (Fsp3) is 0.381. The number of hydrogen-bond donors (Lipinski definition) is 1. The Morgan fingerprint density at radius 1 is 0.958 bits per heavy atom. The second-order valence-electron chi connectivity index (χ2n) is 6.59. The molecule has 24 heavy (non-hydrogen) atoms. The molecule has 0 atom stereocenters. The quantitative estimate of drug-likeness (QED) is 0.709. The van der Waals surface area contributed by atoms with Crippen molar-refractivity contribution in [2.45, 2.75) is 46.1 Å². The van der Waals surface area contributed by atoms with Crippen molar-refractivity contribution in [2.75, 3.05) is 6.54 Å². The van der Waals surface area contributed by atoms with Crippen LogP contribution in [0.3, 0.4) is 0 Å². The predicted octanol–water partition coefficient (Wildman–Crippen LogP) is 4.18. The molecule has 0 saturated carbocycles. The minimum absolute atomic E-state index is 0.714. The summed E-state index contributed by atoms with van der Waals surface area (Å²) in [6, 6.07) is 15.2. The molecule has 0 amide bonds. The van der Waals surface area contributed by atoms with Crippen LogP contribution in [0.5, 0.6) is 0 Å². The molecule has 2 N–H and O–H groups in total. The molecule has 1 aromatic heterocycles. The fourth-order valence-electron chi connectivity index (χ4n) is 3.22. The maximum atomic E-state index is 5.71. The van der Waals surface area contributed by atoms with Crippen molar-refractivity contribution in [3.8, 4) is 0 Å². The van der Waals surface area contributed by atoms with Crippen LogP contribution in [0, 0.1) is 13.8 Å².